The van der Waals surface area contributed by atoms with E-state index in [1.54, 1.807) is 0 Å². The van der Waals surface area contributed by atoms with Gasteiger partial charge < -0.3 is 5.73 Å². The Morgan fingerprint density at radius 2 is 2.15 bits per heavy atom. The van der Waals surface area contributed by atoms with Crippen LogP contribution >= 0.6 is 11.6 Å². The zero-order valence-electron chi connectivity index (χ0n) is 7.59. The number of hydrogen-bond acceptors (Lipinski definition) is 1. The third-order valence-electron chi connectivity index (χ3n) is 2.52. The van der Waals surface area contributed by atoms with Crippen LogP contribution in [-0.4, -0.2) is 6.54 Å². The van der Waals surface area contributed by atoms with Gasteiger partial charge in [0.1, 0.15) is 0 Å². The third kappa shape index (κ3) is 2.04. The highest BCUT2D eigenvalue weighted by molar-refractivity contribution is 6.31. The lowest BCUT2D eigenvalue weighted by Gasteiger charge is -2.04. The first-order valence-electron chi connectivity index (χ1n) is 4.79. The highest BCUT2D eigenvalue weighted by atomic mass is 35.5. The smallest absolute Gasteiger partial charge is 0.0443 e. The third-order valence-corrected chi connectivity index (χ3v) is 2.84. The van der Waals surface area contributed by atoms with E-state index in [-0.39, 0.29) is 0 Å². The van der Waals surface area contributed by atoms with Crippen molar-refractivity contribution in [1.29, 1.82) is 0 Å². The van der Waals surface area contributed by atoms with Crippen LogP contribution < -0.4 is 5.73 Å². The number of benzene rings is 1. The van der Waals surface area contributed by atoms with E-state index in [2.05, 4.69) is 18.2 Å². The van der Waals surface area contributed by atoms with E-state index >= 15 is 0 Å². The Labute approximate surface area is 83.9 Å². The molecule has 0 spiro atoms. The minimum absolute atomic E-state index is 0.694. The molecule has 0 heterocycles. The van der Waals surface area contributed by atoms with E-state index in [1.165, 1.54) is 24.0 Å². The summed E-state index contributed by atoms with van der Waals surface area (Å²) in [6, 6.07) is 6.36. The van der Waals surface area contributed by atoms with Crippen LogP contribution in [0.2, 0.25) is 5.02 Å². The second kappa shape index (κ2) is 3.69. The lowest BCUT2D eigenvalue weighted by Crippen LogP contribution is -2.02. The SMILES string of the molecule is NCCc1ccc(C2CC2)c(Cl)c1. The van der Waals surface area contributed by atoms with Gasteiger partial charge in [0.2, 0.25) is 0 Å². The minimum Gasteiger partial charge on any atom is -0.330 e. The molecule has 70 valence electrons. The molecule has 0 aromatic heterocycles. The van der Waals surface area contributed by atoms with Crippen LogP contribution in [-0.2, 0) is 6.42 Å². The van der Waals surface area contributed by atoms with Gasteiger partial charge in [-0.2, -0.15) is 0 Å². The number of rotatable bonds is 3. The van der Waals surface area contributed by atoms with Crippen molar-refractivity contribution in [1.82, 2.24) is 0 Å². The maximum absolute atomic E-state index is 6.16. The first kappa shape index (κ1) is 9.04. The standard InChI is InChI=1S/C11H14ClN/c12-11-7-8(5-6-13)1-4-10(11)9-2-3-9/h1,4,7,9H,2-3,5-6,13H2. The molecule has 1 nitrogen and oxygen atoms in total. The Balaban J connectivity index is 2.21. The van der Waals surface area contributed by atoms with Gasteiger partial charge in [0.25, 0.3) is 0 Å². The summed E-state index contributed by atoms with van der Waals surface area (Å²) >= 11 is 6.16. The van der Waals surface area contributed by atoms with Crippen LogP contribution in [0, 0.1) is 0 Å². The van der Waals surface area contributed by atoms with Crippen molar-refractivity contribution in [2.75, 3.05) is 6.54 Å². The Hall–Kier alpha value is -0.530. The zero-order valence-corrected chi connectivity index (χ0v) is 8.35. The van der Waals surface area contributed by atoms with Crippen molar-refractivity contribution in [2.24, 2.45) is 5.73 Å². The molecule has 1 aliphatic rings. The average Bonchev–Trinajstić information content (AvgIpc) is 2.88. The summed E-state index contributed by atoms with van der Waals surface area (Å²) in [6.45, 7) is 0.694. The Morgan fingerprint density at radius 1 is 1.38 bits per heavy atom. The van der Waals surface area contributed by atoms with Crippen LogP contribution in [0.3, 0.4) is 0 Å². The molecule has 0 amide bonds. The van der Waals surface area contributed by atoms with Crippen molar-refractivity contribution < 1.29 is 0 Å². The molecule has 2 N–H and O–H groups in total. The molecule has 1 saturated carbocycles. The van der Waals surface area contributed by atoms with E-state index in [9.17, 15) is 0 Å². The Bertz CT molecular complexity index is 305. The van der Waals surface area contributed by atoms with Gasteiger partial charge in [0.15, 0.2) is 0 Å². The first-order valence-corrected chi connectivity index (χ1v) is 5.17. The largest absolute Gasteiger partial charge is 0.330 e. The molecule has 0 unspecified atom stereocenters. The highest BCUT2D eigenvalue weighted by Gasteiger charge is 2.25. The van der Waals surface area contributed by atoms with E-state index in [0.717, 1.165) is 17.4 Å². The van der Waals surface area contributed by atoms with Gasteiger partial charge in [-0.05, 0) is 48.9 Å². The van der Waals surface area contributed by atoms with Crippen LogP contribution in [0.1, 0.15) is 29.9 Å². The van der Waals surface area contributed by atoms with Crippen molar-refractivity contribution in [3.63, 3.8) is 0 Å². The Morgan fingerprint density at radius 3 is 2.69 bits per heavy atom. The molecule has 0 aliphatic heterocycles. The molecular weight excluding hydrogens is 182 g/mol. The molecule has 0 bridgehead atoms. The maximum atomic E-state index is 6.16. The summed E-state index contributed by atoms with van der Waals surface area (Å²) < 4.78 is 0. The van der Waals surface area contributed by atoms with Gasteiger partial charge in [0.05, 0.1) is 0 Å². The summed E-state index contributed by atoms with van der Waals surface area (Å²) in [5.41, 5.74) is 8.05. The zero-order chi connectivity index (χ0) is 9.26. The normalized spacial score (nSPS) is 16.2. The van der Waals surface area contributed by atoms with Gasteiger partial charge in [0, 0.05) is 5.02 Å². The molecule has 0 atom stereocenters. The minimum atomic E-state index is 0.694. The molecule has 1 aromatic carbocycles. The Kier molecular flexibility index (Phi) is 2.56. The fraction of sp³-hybridized carbons (Fsp3) is 0.455. The number of hydrogen-bond donors (Lipinski definition) is 1. The monoisotopic (exact) mass is 195 g/mol. The fourth-order valence-corrected chi connectivity index (χ4v) is 1.98. The van der Waals surface area contributed by atoms with E-state index in [4.69, 9.17) is 17.3 Å². The van der Waals surface area contributed by atoms with E-state index < -0.39 is 0 Å². The summed E-state index contributed by atoms with van der Waals surface area (Å²) in [5, 5.41) is 0.924. The lowest BCUT2D eigenvalue weighted by atomic mass is 10.1. The van der Waals surface area contributed by atoms with Crippen LogP contribution in [0.4, 0.5) is 0 Å². The molecule has 1 fully saturated rings. The summed E-state index contributed by atoms with van der Waals surface area (Å²) in [4.78, 5) is 0. The van der Waals surface area contributed by atoms with Crippen molar-refractivity contribution in [3.05, 3.63) is 34.3 Å². The molecule has 2 heteroatoms. The molecule has 13 heavy (non-hydrogen) atoms. The predicted molar refractivity (Wildman–Crippen MR) is 56.2 cm³/mol. The number of halogens is 1. The summed E-state index contributed by atoms with van der Waals surface area (Å²) in [6.07, 6.45) is 3.52. The molecular formula is C11H14ClN. The van der Waals surface area contributed by atoms with Crippen LogP contribution in [0.25, 0.3) is 0 Å². The van der Waals surface area contributed by atoms with Gasteiger partial charge in [-0.1, -0.05) is 23.7 Å². The van der Waals surface area contributed by atoms with Crippen molar-refractivity contribution in [3.8, 4) is 0 Å². The molecule has 1 aromatic rings. The molecule has 1 aliphatic carbocycles. The van der Waals surface area contributed by atoms with E-state index in [0.29, 0.717) is 6.54 Å². The quantitative estimate of drug-likeness (QED) is 0.789. The molecule has 0 saturated heterocycles. The van der Waals surface area contributed by atoms with Gasteiger partial charge >= 0.3 is 0 Å². The van der Waals surface area contributed by atoms with Gasteiger partial charge in [-0.3, -0.25) is 0 Å². The summed E-state index contributed by atoms with van der Waals surface area (Å²) in [5.74, 6) is 0.736. The highest BCUT2D eigenvalue weighted by Crippen LogP contribution is 2.43. The van der Waals surface area contributed by atoms with Crippen molar-refractivity contribution in [2.45, 2.75) is 25.2 Å². The predicted octanol–water partition coefficient (Wildman–Crippen LogP) is 2.72. The topological polar surface area (TPSA) is 26.0 Å². The lowest BCUT2D eigenvalue weighted by molar-refractivity contribution is 0.965. The summed E-state index contributed by atoms with van der Waals surface area (Å²) in [7, 11) is 0. The second-order valence-electron chi connectivity index (χ2n) is 3.67. The van der Waals surface area contributed by atoms with Gasteiger partial charge in [-0.25, -0.2) is 0 Å². The second-order valence-corrected chi connectivity index (χ2v) is 4.08. The maximum Gasteiger partial charge on any atom is 0.0443 e. The van der Waals surface area contributed by atoms with E-state index in [1.807, 2.05) is 0 Å². The molecule has 0 radical (unpaired) electrons. The van der Waals surface area contributed by atoms with Gasteiger partial charge in [-0.15, -0.1) is 0 Å². The van der Waals surface area contributed by atoms with Crippen LogP contribution in [0.15, 0.2) is 18.2 Å². The first-order chi connectivity index (χ1) is 6.31. The number of nitrogens with two attached hydrogens (primary N) is 1. The molecule has 2 rings (SSSR count). The average molecular weight is 196 g/mol. The fourth-order valence-electron chi connectivity index (χ4n) is 1.62. The van der Waals surface area contributed by atoms with Crippen LogP contribution in [0.5, 0.6) is 0 Å². The van der Waals surface area contributed by atoms with Crippen molar-refractivity contribution >= 4 is 11.6 Å².